The predicted octanol–water partition coefficient (Wildman–Crippen LogP) is 2.20. The van der Waals surface area contributed by atoms with Crippen LogP contribution in [0.3, 0.4) is 0 Å². The Bertz CT molecular complexity index is 368. The Morgan fingerprint density at radius 3 is 2.71 bits per heavy atom. The molecule has 0 atom stereocenters. The van der Waals surface area contributed by atoms with Crippen LogP contribution < -0.4 is 0 Å². The molecule has 0 radical (unpaired) electrons. The van der Waals surface area contributed by atoms with E-state index in [0.29, 0.717) is 0 Å². The van der Waals surface area contributed by atoms with E-state index in [1.54, 1.807) is 0 Å². The van der Waals surface area contributed by atoms with Crippen molar-refractivity contribution in [2.24, 2.45) is 0 Å². The molecule has 0 bridgehead atoms. The topological polar surface area (TPSA) is 50.2 Å². The average molecular weight is 211 g/mol. The van der Waals surface area contributed by atoms with E-state index in [-0.39, 0.29) is 6.42 Å². The van der Waals surface area contributed by atoms with Crippen LogP contribution >= 0.6 is 11.3 Å². The molecule has 4 heteroatoms. The first-order valence-corrected chi connectivity index (χ1v) is 5.12. The van der Waals surface area contributed by atoms with Gasteiger partial charge in [-0.3, -0.25) is 4.79 Å². The van der Waals surface area contributed by atoms with Crippen LogP contribution in [0.25, 0.3) is 0 Å². The molecule has 1 rings (SSSR count). The van der Waals surface area contributed by atoms with E-state index in [2.05, 4.69) is 11.6 Å². The second-order valence-corrected chi connectivity index (χ2v) is 4.49. The summed E-state index contributed by atoms with van der Waals surface area (Å²) in [7, 11) is 0. The normalized spacial score (nSPS) is 10.1. The van der Waals surface area contributed by atoms with Crippen LogP contribution in [0.2, 0.25) is 0 Å². The molecule has 0 unspecified atom stereocenters. The minimum atomic E-state index is -0.807. The van der Waals surface area contributed by atoms with Crippen molar-refractivity contribution in [1.82, 2.24) is 4.98 Å². The standard InChI is InChI=1S/C10H13NO2S/c1-6(2)4-9-11-7(3)8(14-9)5-10(12)13/h1,4-5H2,2-3H3,(H,12,13). The average Bonchev–Trinajstić information content (AvgIpc) is 2.28. The highest BCUT2D eigenvalue weighted by atomic mass is 32.1. The number of thiazole rings is 1. The molecule has 0 aliphatic rings. The Morgan fingerprint density at radius 2 is 2.21 bits per heavy atom. The molecule has 0 spiro atoms. The molecule has 14 heavy (non-hydrogen) atoms. The summed E-state index contributed by atoms with van der Waals surface area (Å²) in [5.41, 5.74) is 1.87. The van der Waals surface area contributed by atoms with E-state index in [1.165, 1.54) is 11.3 Å². The second-order valence-electron chi connectivity index (χ2n) is 3.32. The number of aromatic nitrogens is 1. The predicted molar refractivity (Wildman–Crippen MR) is 56.7 cm³/mol. The number of carboxylic acid groups (broad SMARTS) is 1. The Hall–Kier alpha value is -1.16. The first-order valence-electron chi connectivity index (χ1n) is 4.30. The number of carbonyl (C=O) groups is 1. The molecule has 1 heterocycles. The Morgan fingerprint density at radius 1 is 1.57 bits per heavy atom. The fourth-order valence-corrected chi connectivity index (χ4v) is 2.30. The molecule has 0 aliphatic carbocycles. The number of hydrogen-bond donors (Lipinski definition) is 1. The maximum atomic E-state index is 10.5. The van der Waals surface area contributed by atoms with Gasteiger partial charge in [0.2, 0.25) is 0 Å². The molecule has 3 nitrogen and oxygen atoms in total. The molecule has 0 aliphatic heterocycles. The number of aliphatic carboxylic acids is 1. The number of hydrogen-bond acceptors (Lipinski definition) is 3. The van der Waals surface area contributed by atoms with Gasteiger partial charge in [0.15, 0.2) is 0 Å². The largest absolute Gasteiger partial charge is 0.481 e. The summed E-state index contributed by atoms with van der Waals surface area (Å²) in [6.07, 6.45) is 0.810. The van der Waals surface area contributed by atoms with Gasteiger partial charge in [-0.15, -0.1) is 11.3 Å². The van der Waals surface area contributed by atoms with Crippen molar-refractivity contribution in [1.29, 1.82) is 0 Å². The molecule has 1 aromatic heterocycles. The maximum absolute atomic E-state index is 10.5. The first-order chi connectivity index (χ1) is 6.49. The Kier molecular flexibility index (Phi) is 3.41. The van der Waals surface area contributed by atoms with Gasteiger partial charge in [0.05, 0.1) is 17.1 Å². The molecule has 0 aromatic carbocycles. The van der Waals surface area contributed by atoms with E-state index in [0.717, 1.165) is 27.6 Å². The van der Waals surface area contributed by atoms with E-state index < -0.39 is 5.97 Å². The van der Waals surface area contributed by atoms with Crippen molar-refractivity contribution in [3.63, 3.8) is 0 Å². The number of rotatable bonds is 4. The zero-order valence-corrected chi connectivity index (χ0v) is 9.15. The Labute approximate surface area is 87.1 Å². The minimum Gasteiger partial charge on any atom is -0.481 e. The smallest absolute Gasteiger partial charge is 0.308 e. The van der Waals surface area contributed by atoms with Gasteiger partial charge >= 0.3 is 5.97 Å². The van der Waals surface area contributed by atoms with Gasteiger partial charge in [0.25, 0.3) is 0 Å². The van der Waals surface area contributed by atoms with Crippen LogP contribution in [0.1, 0.15) is 22.5 Å². The highest BCUT2D eigenvalue weighted by Gasteiger charge is 2.10. The van der Waals surface area contributed by atoms with Gasteiger partial charge in [0.1, 0.15) is 0 Å². The van der Waals surface area contributed by atoms with Crippen molar-refractivity contribution in [3.8, 4) is 0 Å². The highest BCUT2D eigenvalue weighted by Crippen LogP contribution is 2.20. The summed E-state index contributed by atoms with van der Waals surface area (Å²) >= 11 is 1.46. The third-order valence-electron chi connectivity index (χ3n) is 1.70. The lowest BCUT2D eigenvalue weighted by atomic mass is 10.2. The summed E-state index contributed by atoms with van der Waals surface area (Å²) in [5, 5.41) is 9.59. The summed E-state index contributed by atoms with van der Waals surface area (Å²) < 4.78 is 0. The van der Waals surface area contributed by atoms with E-state index in [4.69, 9.17) is 5.11 Å². The van der Waals surface area contributed by atoms with Crippen molar-refractivity contribution < 1.29 is 9.90 Å². The zero-order chi connectivity index (χ0) is 10.7. The lowest BCUT2D eigenvalue weighted by Crippen LogP contribution is -1.99. The summed E-state index contributed by atoms with van der Waals surface area (Å²) in [6, 6.07) is 0. The summed E-state index contributed by atoms with van der Waals surface area (Å²) in [4.78, 5) is 15.7. The quantitative estimate of drug-likeness (QED) is 0.777. The fraction of sp³-hybridized carbons (Fsp3) is 0.400. The van der Waals surface area contributed by atoms with E-state index >= 15 is 0 Å². The molecule has 0 amide bonds. The number of nitrogens with zero attached hydrogens (tertiary/aromatic N) is 1. The van der Waals surface area contributed by atoms with Gasteiger partial charge in [-0.05, 0) is 13.8 Å². The van der Waals surface area contributed by atoms with Crippen molar-refractivity contribution in [2.75, 3.05) is 0 Å². The first kappa shape index (κ1) is 10.9. The lowest BCUT2D eigenvalue weighted by Gasteiger charge is -1.91. The zero-order valence-electron chi connectivity index (χ0n) is 8.33. The van der Waals surface area contributed by atoms with Crippen LogP contribution in [0.4, 0.5) is 0 Å². The molecule has 0 saturated carbocycles. The molecular formula is C10H13NO2S. The van der Waals surface area contributed by atoms with Crippen molar-refractivity contribution in [2.45, 2.75) is 26.7 Å². The van der Waals surface area contributed by atoms with Crippen LogP contribution in [0.15, 0.2) is 12.2 Å². The van der Waals surface area contributed by atoms with Gasteiger partial charge in [-0.2, -0.15) is 0 Å². The second kappa shape index (κ2) is 4.37. The molecule has 1 aromatic rings. The number of aryl methyl sites for hydroxylation is 1. The molecular weight excluding hydrogens is 198 g/mol. The Balaban J connectivity index is 2.81. The fourth-order valence-electron chi connectivity index (χ4n) is 1.12. The monoisotopic (exact) mass is 211 g/mol. The number of carboxylic acids is 1. The lowest BCUT2D eigenvalue weighted by molar-refractivity contribution is -0.136. The molecule has 1 N–H and O–H groups in total. The van der Waals surface area contributed by atoms with E-state index in [1.807, 2.05) is 13.8 Å². The minimum absolute atomic E-state index is 0.0691. The van der Waals surface area contributed by atoms with Gasteiger partial charge in [-0.1, -0.05) is 12.2 Å². The van der Waals surface area contributed by atoms with Crippen molar-refractivity contribution in [3.05, 3.63) is 27.7 Å². The van der Waals surface area contributed by atoms with Crippen LogP contribution in [0, 0.1) is 6.92 Å². The van der Waals surface area contributed by atoms with Gasteiger partial charge in [0, 0.05) is 11.3 Å². The highest BCUT2D eigenvalue weighted by molar-refractivity contribution is 7.11. The third kappa shape index (κ3) is 2.96. The number of allylic oxidation sites excluding steroid dienone is 1. The summed E-state index contributed by atoms with van der Waals surface area (Å²) in [5.74, 6) is -0.807. The summed E-state index contributed by atoms with van der Waals surface area (Å²) in [6.45, 7) is 7.58. The van der Waals surface area contributed by atoms with Gasteiger partial charge in [-0.25, -0.2) is 4.98 Å². The van der Waals surface area contributed by atoms with Crippen molar-refractivity contribution >= 4 is 17.3 Å². The SMILES string of the molecule is C=C(C)Cc1nc(C)c(CC(=O)O)s1. The third-order valence-corrected chi connectivity index (χ3v) is 2.86. The van der Waals surface area contributed by atoms with Gasteiger partial charge < -0.3 is 5.11 Å². The van der Waals surface area contributed by atoms with Crippen LogP contribution in [-0.4, -0.2) is 16.1 Å². The molecule has 0 saturated heterocycles. The molecule has 0 fully saturated rings. The van der Waals surface area contributed by atoms with E-state index in [9.17, 15) is 4.79 Å². The van der Waals surface area contributed by atoms with Crippen LogP contribution in [0.5, 0.6) is 0 Å². The van der Waals surface area contributed by atoms with Crippen LogP contribution in [-0.2, 0) is 17.6 Å². The molecule has 76 valence electrons. The maximum Gasteiger partial charge on any atom is 0.308 e.